The Bertz CT molecular complexity index is 466. The highest BCUT2D eigenvalue weighted by atomic mass is 32.2. The number of rotatable bonds is 8. The number of alkyl carbamates (subject to hydrolysis) is 1. The van der Waals surface area contributed by atoms with E-state index in [0.29, 0.717) is 6.54 Å². The van der Waals surface area contributed by atoms with Crippen molar-refractivity contribution in [1.82, 2.24) is 10.6 Å². The second-order valence-electron chi connectivity index (χ2n) is 5.04. The van der Waals surface area contributed by atoms with Gasteiger partial charge in [-0.1, -0.05) is 32.0 Å². The van der Waals surface area contributed by atoms with E-state index in [-0.39, 0.29) is 18.4 Å². The number of amides is 2. The monoisotopic (exact) mass is 324 g/mol. The summed E-state index contributed by atoms with van der Waals surface area (Å²) < 4.78 is 4.82. The summed E-state index contributed by atoms with van der Waals surface area (Å²) in [7, 11) is 0. The van der Waals surface area contributed by atoms with Crippen LogP contribution in [0.25, 0.3) is 0 Å². The van der Waals surface area contributed by atoms with Crippen LogP contribution < -0.4 is 10.6 Å². The number of nitrogens with one attached hydrogen (secondary N) is 2. The first-order chi connectivity index (χ1) is 10.5. The van der Waals surface area contributed by atoms with Gasteiger partial charge in [-0.25, -0.2) is 4.79 Å². The van der Waals surface area contributed by atoms with Crippen LogP contribution in [0.15, 0.2) is 35.2 Å². The zero-order valence-corrected chi connectivity index (χ0v) is 14.1. The van der Waals surface area contributed by atoms with Crippen LogP contribution in [-0.2, 0) is 9.53 Å². The molecule has 0 bridgehead atoms. The summed E-state index contributed by atoms with van der Waals surface area (Å²) >= 11 is 1.68. The molecule has 0 aromatic heterocycles. The molecule has 22 heavy (non-hydrogen) atoms. The van der Waals surface area contributed by atoms with E-state index in [1.165, 1.54) is 4.90 Å². The third-order valence-corrected chi connectivity index (χ3v) is 3.92. The van der Waals surface area contributed by atoms with Crippen LogP contribution in [-0.4, -0.2) is 36.9 Å². The molecule has 0 aliphatic rings. The third-order valence-electron chi connectivity index (χ3n) is 2.91. The van der Waals surface area contributed by atoms with E-state index in [9.17, 15) is 9.59 Å². The van der Waals surface area contributed by atoms with E-state index in [2.05, 4.69) is 10.6 Å². The van der Waals surface area contributed by atoms with E-state index in [1.807, 2.05) is 44.2 Å². The number of carbonyl (C=O) groups is 2. The van der Waals surface area contributed by atoms with Gasteiger partial charge in [0.1, 0.15) is 6.04 Å². The van der Waals surface area contributed by atoms with E-state index in [0.717, 1.165) is 5.75 Å². The van der Waals surface area contributed by atoms with Gasteiger partial charge in [-0.2, -0.15) is 0 Å². The first kappa shape index (κ1) is 18.4. The molecule has 0 saturated carbocycles. The Kier molecular flexibility index (Phi) is 8.43. The van der Waals surface area contributed by atoms with Crippen molar-refractivity contribution in [3.05, 3.63) is 30.3 Å². The molecular formula is C16H24N2O3S. The van der Waals surface area contributed by atoms with Gasteiger partial charge in [-0.15, -0.1) is 11.8 Å². The first-order valence-electron chi connectivity index (χ1n) is 7.43. The Balaban J connectivity index is 2.35. The van der Waals surface area contributed by atoms with Crippen molar-refractivity contribution in [1.29, 1.82) is 0 Å². The fourth-order valence-electron chi connectivity index (χ4n) is 1.80. The van der Waals surface area contributed by atoms with Crippen LogP contribution in [0.2, 0.25) is 0 Å². The topological polar surface area (TPSA) is 67.4 Å². The van der Waals surface area contributed by atoms with Gasteiger partial charge in [0, 0.05) is 17.2 Å². The molecule has 0 saturated heterocycles. The summed E-state index contributed by atoms with van der Waals surface area (Å²) in [5.74, 6) is 0.586. The number of hydrogen-bond donors (Lipinski definition) is 2. The van der Waals surface area contributed by atoms with Gasteiger partial charge in [-0.05, 0) is 25.0 Å². The lowest BCUT2D eigenvalue weighted by Crippen LogP contribution is -2.50. The highest BCUT2D eigenvalue weighted by Crippen LogP contribution is 2.15. The van der Waals surface area contributed by atoms with Crippen LogP contribution in [0.3, 0.4) is 0 Å². The molecule has 0 aliphatic carbocycles. The van der Waals surface area contributed by atoms with Crippen molar-refractivity contribution in [3.63, 3.8) is 0 Å². The lowest BCUT2D eigenvalue weighted by Gasteiger charge is -2.21. The second kappa shape index (κ2) is 10.1. The number of thioether (sulfide) groups is 1. The predicted octanol–water partition coefficient (Wildman–Crippen LogP) is 2.67. The van der Waals surface area contributed by atoms with Gasteiger partial charge in [0.25, 0.3) is 0 Å². The molecule has 0 fully saturated rings. The van der Waals surface area contributed by atoms with Gasteiger partial charge >= 0.3 is 6.09 Å². The standard InChI is InChI=1S/C16H24N2O3S/c1-4-21-16(20)18-14(12(2)3)15(19)17-10-11-22-13-8-6-5-7-9-13/h5-9,12,14H,4,10-11H2,1-3H3,(H,17,19)(H,18,20). The molecule has 1 aromatic carbocycles. The Labute approximate surface area is 136 Å². The van der Waals surface area contributed by atoms with E-state index in [4.69, 9.17) is 4.74 Å². The van der Waals surface area contributed by atoms with Crippen LogP contribution in [0.5, 0.6) is 0 Å². The van der Waals surface area contributed by atoms with E-state index >= 15 is 0 Å². The number of hydrogen-bond acceptors (Lipinski definition) is 4. The molecule has 0 aliphatic heterocycles. The largest absolute Gasteiger partial charge is 0.450 e. The van der Waals surface area contributed by atoms with Crippen molar-refractivity contribution in [3.8, 4) is 0 Å². The first-order valence-corrected chi connectivity index (χ1v) is 8.42. The fraction of sp³-hybridized carbons (Fsp3) is 0.500. The van der Waals surface area contributed by atoms with E-state index in [1.54, 1.807) is 18.7 Å². The average Bonchev–Trinajstić information content (AvgIpc) is 2.50. The van der Waals surface area contributed by atoms with Crippen molar-refractivity contribution in [2.75, 3.05) is 18.9 Å². The maximum absolute atomic E-state index is 12.1. The van der Waals surface area contributed by atoms with Crippen LogP contribution in [0, 0.1) is 5.92 Å². The molecule has 122 valence electrons. The van der Waals surface area contributed by atoms with Crippen molar-refractivity contribution in [2.24, 2.45) is 5.92 Å². The lowest BCUT2D eigenvalue weighted by molar-refractivity contribution is -0.123. The zero-order chi connectivity index (χ0) is 16.4. The molecule has 2 amide bonds. The van der Waals surface area contributed by atoms with Gasteiger partial charge in [0.2, 0.25) is 5.91 Å². The van der Waals surface area contributed by atoms with Gasteiger partial charge in [0.05, 0.1) is 6.61 Å². The molecule has 2 N–H and O–H groups in total. The molecule has 1 atom stereocenters. The molecule has 1 unspecified atom stereocenters. The molecule has 1 rings (SSSR count). The predicted molar refractivity (Wildman–Crippen MR) is 89.0 cm³/mol. The fourth-order valence-corrected chi connectivity index (χ4v) is 2.59. The lowest BCUT2D eigenvalue weighted by atomic mass is 10.0. The molecular weight excluding hydrogens is 300 g/mol. The van der Waals surface area contributed by atoms with Crippen LogP contribution in [0.4, 0.5) is 4.79 Å². The smallest absolute Gasteiger partial charge is 0.407 e. The number of ether oxygens (including phenoxy) is 1. The van der Waals surface area contributed by atoms with Crippen molar-refractivity contribution < 1.29 is 14.3 Å². The van der Waals surface area contributed by atoms with Gasteiger partial charge in [0.15, 0.2) is 0 Å². The minimum absolute atomic E-state index is 0.00816. The molecule has 0 heterocycles. The maximum Gasteiger partial charge on any atom is 0.407 e. The number of benzene rings is 1. The van der Waals surface area contributed by atoms with Crippen LogP contribution in [0.1, 0.15) is 20.8 Å². The zero-order valence-electron chi connectivity index (χ0n) is 13.3. The maximum atomic E-state index is 12.1. The Hall–Kier alpha value is -1.69. The molecule has 6 heteroatoms. The SMILES string of the molecule is CCOC(=O)NC(C(=O)NCCSc1ccccc1)C(C)C. The Morgan fingerprint density at radius 1 is 1.23 bits per heavy atom. The summed E-state index contributed by atoms with van der Waals surface area (Å²) in [4.78, 5) is 24.8. The minimum Gasteiger partial charge on any atom is -0.450 e. The normalized spacial score (nSPS) is 11.8. The van der Waals surface area contributed by atoms with Crippen molar-refractivity contribution >= 4 is 23.8 Å². The van der Waals surface area contributed by atoms with Gasteiger partial charge in [-0.3, -0.25) is 4.79 Å². The number of carbonyl (C=O) groups excluding carboxylic acids is 2. The van der Waals surface area contributed by atoms with Crippen LogP contribution >= 0.6 is 11.8 Å². The third kappa shape index (κ3) is 6.85. The van der Waals surface area contributed by atoms with E-state index < -0.39 is 12.1 Å². The van der Waals surface area contributed by atoms with Gasteiger partial charge < -0.3 is 15.4 Å². The summed E-state index contributed by atoms with van der Waals surface area (Å²) in [6.45, 7) is 6.33. The Morgan fingerprint density at radius 2 is 1.91 bits per heavy atom. The highest BCUT2D eigenvalue weighted by Gasteiger charge is 2.24. The average molecular weight is 324 g/mol. The van der Waals surface area contributed by atoms with Crippen molar-refractivity contribution in [2.45, 2.75) is 31.7 Å². The second-order valence-corrected chi connectivity index (χ2v) is 6.21. The quantitative estimate of drug-likeness (QED) is 0.570. The summed E-state index contributed by atoms with van der Waals surface area (Å²) in [5, 5.41) is 5.45. The molecule has 1 aromatic rings. The summed E-state index contributed by atoms with van der Waals surface area (Å²) in [6, 6.07) is 9.43. The minimum atomic E-state index is -0.583. The molecule has 0 spiro atoms. The summed E-state index contributed by atoms with van der Waals surface area (Å²) in [5.41, 5.74) is 0. The summed E-state index contributed by atoms with van der Waals surface area (Å²) in [6.07, 6.45) is -0.560. The molecule has 0 radical (unpaired) electrons. The highest BCUT2D eigenvalue weighted by molar-refractivity contribution is 7.99. The Morgan fingerprint density at radius 3 is 2.50 bits per heavy atom. The molecule has 5 nitrogen and oxygen atoms in total.